The highest BCUT2D eigenvalue weighted by molar-refractivity contribution is 6.15. The lowest BCUT2D eigenvalue weighted by molar-refractivity contribution is 0.349. The summed E-state index contributed by atoms with van der Waals surface area (Å²) in [7, 11) is 4.69. The number of ether oxygens (including phenoxy) is 3. The molecule has 198 valence electrons. The predicted octanol–water partition coefficient (Wildman–Crippen LogP) is 5.90. The minimum absolute atomic E-state index is 0.150. The first kappa shape index (κ1) is 24.2. The summed E-state index contributed by atoms with van der Waals surface area (Å²) in [4.78, 5) is 29.4. The van der Waals surface area contributed by atoms with Crippen LogP contribution in [0.2, 0.25) is 0 Å². The van der Waals surface area contributed by atoms with E-state index in [1.807, 2.05) is 4.68 Å². The van der Waals surface area contributed by atoms with E-state index in [-0.39, 0.29) is 17.0 Å². The molecule has 0 saturated heterocycles. The lowest BCUT2D eigenvalue weighted by Gasteiger charge is -2.21. The maximum absolute atomic E-state index is 13.7. The molecule has 1 aliphatic carbocycles. The molecule has 9 nitrogen and oxygen atoms in total. The van der Waals surface area contributed by atoms with Gasteiger partial charge in [-0.3, -0.25) is 19.4 Å². The fourth-order valence-corrected chi connectivity index (χ4v) is 5.86. The fraction of sp³-hybridized carbons (Fsp3) is 0.379. The number of pyridine rings is 1. The molecule has 1 fully saturated rings. The first-order valence-electron chi connectivity index (χ1n) is 13.1. The smallest absolute Gasteiger partial charge is 0.274 e. The van der Waals surface area contributed by atoms with E-state index in [4.69, 9.17) is 18.6 Å². The van der Waals surface area contributed by atoms with E-state index < -0.39 is 0 Å². The maximum atomic E-state index is 13.7. The third-order valence-electron chi connectivity index (χ3n) is 7.72. The second-order valence-corrected chi connectivity index (χ2v) is 9.91. The molecule has 0 radical (unpaired) electrons. The summed E-state index contributed by atoms with van der Waals surface area (Å²) in [5, 5.41) is 4.36. The normalized spacial score (nSPS) is 15.1. The molecule has 3 heterocycles. The number of H-pyrrole nitrogens is 2. The fourth-order valence-electron chi connectivity index (χ4n) is 5.86. The average Bonchev–Trinajstić information content (AvgIpc) is 3.43. The van der Waals surface area contributed by atoms with Crippen LogP contribution >= 0.6 is 0 Å². The summed E-state index contributed by atoms with van der Waals surface area (Å²) < 4.78 is 25.1. The van der Waals surface area contributed by atoms with Crippen LogP contribution in [0.25, 0.3) is 44.2 Å². The SMILES string of the molecule is COc1cc(OC)c(-c2c3oc4cc(=O)ccc4c3[nH]c3c2c(=O)[nH]n3C2CCCCCCC2)cc1OC. The van der Waals surface area contributed by atoms with E-state index >= 15 is 0 Å². The van der Waals surface area contributed by atoms with Gasteiger partial charge in [-0.25, -0.2) is 0 Å². The third kappa shape index (κ3) is 3.84. The Morgan fingerprint density at radius 1 is 0.868 bits per heavy atom. The first-order valence-corrected chi connectivity index (χ1v) is 13.1. The summed E-state index contributed by atoms with van der Waals surface area (Å²) in [5.41, 5.74) is 3.13. The standard InChI is InChI=1S/C29H31N3O6/c1-35-20-15-23(37-3)22(36-2)14-19(20)24-25-28(30-26-18-12-11-17(33)13-21(18)38-27(24)26)32(31-29(25)34)16-9-7-5-4-6-8-10-16/h11-16,30H,4-10H2,1-3H3,(H,31,34). The second kappa shape index (κ2) is 9.63. The van der Waals surface area contributed by atoms with Crippen molar-refractivity contribution in [1.82, 2.24) is 14.8 Å². The van der Waals surface area contributed by atoms with Crippen molar-refractivity contribution in [3.63, 3.8) is 0 Å². The number of fused-ring (bicyclic) bond motifs is 4. The number of hydrogen-bond donors (Lipinski definition) is 2. The number of methoxy groups -OCH3 is 3. The minimum Gasteiger partial charge on any atom is -0.496 e. The zero-order valence-electron chi connectivity index (χ0n) is 21.8. The quantitative estimate of drug-likeness (QED) is 0.300. The molecule has 38 heavy (non-hydrogen) atoms. The van der Waals surface area contributed by atoms with Crippen LogP contribution < -0.4 is 25.2 Å². The Morgan fingerprint density at radius 2 is 1.55 bits per heavy atom. The monoisotopic (exact) mass is 517 g/mol. The topological polar surface area (TPSA) is 111 Å². The molecule has 1 saturated carbocycles. The van der Waals surface area contributed by atoms with Gasteiger partial charge in [0.2, 0.25) is 0 Å². The summed E-state index contributed by atoms with van der Waals surface area (Å²) in [6, 6.07) is 8.44. The number of benzene rings is 2. The Balaban J connectivity index is 1.74. The molecule has 0 aliphatic heterocycles. The van der Waals surface area contributed by atoms with Crippen LogP contribution in [0, 0.1) is 0 Å². The van der Waals surface area contributed by atoms with Gasteiger partial charge < -0.3 is 23.6 Å². The Bertz CT molecular complexity index is 1770. The summed E-state index contributed by atoms with van der Waals surface area (Å²) in [6.07, 6.45) is 7.88. The molecule has 0 atom stereocenters. The zero-order valence-corrected chi connectivity index (χ0v) is 21.8. The number of aromatic nitrogens is 3. The highest BCUT2D eigenvalue weighted by Gasteiger charge is 2.27. The molecule has 0 bridgehead atoms. The Labute approximate surface area is 218 Å². The van der Waals surface area contributed by atoms with E-state index in [9.17, 15) is 9.59 Å². The summed E-state index contributed by atoms with van der Waals surface area (Å²) in [6.45, 7) is 0. The van der Waals surface area contributed by atoms with Gasteiger partial charge in [0, 0.05) is 28.6 Å². The van der Waals surface area contributed by atoms with Gasteiger partial charge in [0.1, 0.15) is 17.0 Å². The molecule has 0 spiro atoms. The summed E-state index contributed by atoms with van der Waals surface area (Å²) in [5.74, 6) is 1.50. The van der Waals surface area contributed by atoms with E-state index in [1.54, 1.807) is 39.5 Å². The van der Waals surface area contributed by atoms with Crippen LogP contribution in [-0.2, 0) is 0 Å². The highest BCUT2D eigenvalue weighted by Crippen LogP contribution is 2.46. The number of rotatable bonds is 5. The van der Waals surface area contributed by atoms with Crippen LogP contribution in [0.5, 0.6) is 17.2 Å². The van der Waals surface area contributed by atoms with Crippen LogP contribution in [-0.4, -0.2) is 36.1 Å². The molecule has 0 amide bonds. The van der Waals surface area contributed by atoms with Crippen molar-refractivity contribution in [2.24, 2.45) is 0 Å². The summed E-state index contributed by atoms with van der Waals surface area (Å²) >= 11 is 0. The largest absolute Gasteiger partial charge is 0.496 e. The molecule has 5 aromatic rings. The molecule has 6 rings (SSSR count). The van der Waals surface area contributed by atoms with Gasteiger partial charge in [-0.15, -0.1) is 0 Å². The lowest BCUT2D eigenvalue weighted by Crippen LogP contribution is -2.15. The van der Waals surface area contributed by atoms with Crippen LogP contribution in [0.1, 0.15) is 51.0 Å². The molecule has 3 aromatic heterocycles. The second-order valence-electron chi connectivity index (χ2n) is 9.91. The highest BCUT2D eigenvalue weighted by atomic mass is 16.5. The first-order chi connectivity index (χ1) is 18.5. The number of nitrogens with one attached hydrogen (secondary N) is 2. The van der Waals surface area contributed by atoms with Gasteiger partial charge in [0.05, 0.1) is 38.3 Å². The predicted molar refractivity (Wildman–Crippen MR) is 147 cm³/mol. The van der Waals surface area contributed by atoms with Crippen LogP contribution in [0.3, 0.4) is 0 Å². The van der Waals surface area contributed by atoms with E-state index in [0.29, 0.717) is 56.1 Å². The van der Waals surface area contributed by atoms with Crippen molar-refractivity contribution in [2.75, 3.05) is 21.3 Å². The molecule has 2 aromatic carbocycles. The van der Waals surface area contributed by atoms with E-state index in [2.05, 4.69) is 10.1 Å². The molecular weight excluding hydrogens is 486 g/mol. The molecule has 9 heteroatoms. The zero-order chi connectivity index (χ0) is 26.4. The molecular formula is C29H31N3O6. The van der Waals surface area contributed by atoms with Crippen LogP contribution in [0.15, 0.2) is 44.3 Å². The van der Waals surface area contributed by atoms with Crippen LogP contribution in [0.4, 0.5) is 0 Å². The Morgan fingerprint density at radius 3 is 2.26 bits per heavy atom. The number of aromatic amines is 2. The van der Waals surface area contributed by atoms with Crippen molar-refractivity contribution in [3.8, 4) is 28.4 Å². The Hall–Kier alpha value is -4.14. The number of nitrogens with zero attached hydrogens (tertiary/aromatic N) is 1. The van der Waals surface area contributed by atoms with Crippen molar-refractivity contribution >= 4 is 33.1 Å². The lowest BCUT2D eigenvalue weighted by atomic mass is 9.96. The third-order valence-corrected chi connectivity index (χ3v) is 7.72. The molecule has 1 aliphatic rings. The molecule has 0 unspecified atom stereocenters. The van der Waals surface area contributed by atoms with Crippen molar-refractivity contribution in [1.29, 1.82) is 0 Å². The van der Waals surface area contributed by atoms with Gasteiger partial charge >= 0.3 is 0 Å². The maximum Gasteiger partial charge on any atom is 0.274 e. The Kier molecular flexibility index (Phi) is 6.13. The molecule has 2 N–H and O–H groups in total. The van der Waals surface area contributed by atoms with Crippen molar-refractivity contribution < 1.29 is 18.6 Å². The average molecular weight is 518 g/mol. The minimum atomic E-state index is -0.225. The van der Waals surface area contributed by atoms with Crippen molar-refractivity contribution in [3.05, 3.63) is 50.9 Å². The van der Waals surface area contributed by atoms with Gasteiger partial charge in [-0.05, 0) is 31.0 Å². The van der Waals surface area contributed by atoms with Gasteiger partial charge in [-0.1, -0.05) is 32.1 Å². The number of furan rings is 1. The van der Waals surface area contributed by atoms with Gasteiger partial charge in [0.15, 0.2) is 22.5 Å². The van der Waals surface area contributed by atoms with Gasteiger partial charge in [0.25, 0.3) is 5.56 Å². The van der Waals surface area contributed by atoms with E-state index in [0.717, 1.165) is 31.1 Å². The van der Waals surface area contributed by atoms with Gasteiger partial charge in [-0.2, -0.15) is 0 Å². The van der Waals surface area contributed by atoms with Crippen molar-refractivity contribution in [2.45, 2.75) is 51.0 Å². The van der Waals surface area contributed by atoms with E-state index in [1.165, 1.54) is 31.4 Å². The number of hydrogen-bond acceptors (Lipinski definition) is 6.